The number of quaternary nitrogens is 1. The summed E-state index contributed by atoms with van der Waals surface area (Å²) in [7, 11) is 0. The van der Waals surface area contributed by atoms with Crippen molar-refractivity contribution in [3.8, 4) is 0 Å². The third kappa shape index (κ3) is 2.80. The molecule has 0 aromatic heterocycles. The number of likely N-dealkylation sites (N-methyl/N-ethyl adjacent to an activating group) is 1. The van der Waals surface area contributed by atoms with E-state index in [9.17, 15) is 14.9 Å². The van der Waals surface area contributed by atoms with Crippen molar-refractivity contribution in [3.05, 3.63) is 39.4 Å². The highest BCUT2D eigenvalue weighted by atomic mass is 16.6. The highest BCUT2D eigenvalue weighted by molar-refractivity contribution is 5.96. The van der Waals surface area contributed by atoms with Gasteiger partial charge in [0.05, 0.1) is 37.6 Å². The van der Waals surface area contributed by atoms with E-state index in [1.165, 1.54) is 11.0 Å². The zero-order chi connectivity index (χ0) is 14.7. The number of nitro benzene ring substituents is 1. The van der Waals surface area contributed by atoms with Gasteiger partial charge < -0.3 is 9.80 Å². The molecule has 6 heteroatoms. The molecular weight excluding hydrogens is 258 g/mol. The highest BCUT2D eigenvalue weighted by Crippen LogP contribution is 2.22. The van der Waals surface area contributed by atoms with Crippen LogP contribution in [0.2, 0.25) is 0 Å². The van der Waals surface area contributed by atoms with Crippen molar-refractivity contribution in [2.75, 3.05) is 32.7 Å². The summed E-state index contributed by atoms with van der Waals surface area (Å²) in [6, 6.07) is 4.68. The monoisotopic (exact) mass is 278 g/mol. The average Bonchev–Trinajstić information content (AvgIpc) is 2.46. The number of rotatable bonds is 3. The number of nitrogens with one attached hydrogen (secondary N) is 1. The average molecular weight is 278 g/mol. The first kappa shape index (κ1) is 14.5. The van der Waals surface area contributed by atoms with Crippen LogP contribution in [0.4, 0.5) is 5.69 Å². The first-order valence-corrected chi connectivity index (χ1v) is 6.91. The lowest BCUT2D eigenvalue weighted by molar-refractivity contribution is -0.902. The summed E-state index contributed by atoms with van der Waals surface area (Å²) in [5.41, 5.74) is 0.903. The van der Waals surface area contributed by atoms with E-state index in [0.717, 1.165) is 19.6 Å². The van der Waals surface area contributed by atoms with Gasteiger partial charge in [0.1, 0.15) is 0 Å². The lowest BCUT2D eigenvalue weighted by Gasteiger charge is -2.31. The van der Waals surface area contributed by atoms with Crippen LogP contribution in [0.5, 0.6) is 0 Å². The molecule has 1 saturated heterocycles. The summed E-state index contributed by atoms with van der Waals surface area (Å²) in [6.07, 6.45) is 0. The zero-order valence-corrected chi connectivity index (χ0v) is 11.9. The Kier molecular flexibility index (Phi) is 4.34. The molecule has 0 saturated carbocycles. The molecule has 1 aliphatic heterocycles. The molecule has 1 amide bonds. The summed E-state index contributed by atoms with van der Waals surface area (Å²) in [5, 5.41) is 10.9. The number of hydrogen-bond acceptors (Lipinski definition) is 3. The van der Waals surface area contributed by atoms with Crippen LogP contribution in [-0.2, 0) is 0 Å². The SMILES string of the molecule is CC[NH+]1CCN(C(=O)c2cccc([N+](=O)[O-])c2C)CC1. The van der Waals surface area contributed by atoms with Gasteiger partial charge in [0.25, 0.3) is 11.6 Å². The van der Waals surface area contributed by atoms with E-state index in [4.69, 9.17) is 0 Å². The number of hydrogen-bond donors (Lipinski definition) is 1. The predicted molar refractivity (Wildman–Crippen MR) is 75.0 cm³/mol. The lowest BCUT2D eigenvalue weighted by Crippen LogP contribution is -3.14. The Morgan fingerprint density at radius 1 is 1.40 bits per heavy atom. The molecule has 1 heterocycles. The minimum atomic E-state index is -0.439. The fraction of sp³-hybridized carbons (Fsp3) is 0.500. The quantitative estimate of drug-likeness (QED) is 0.637. The molecule has 1 aliphatic rings. The second-order valence-electron chi connectivity index (χ2n) is 5.10. The Bertz CT molecular complexity index is 522. The Hall–Kier alpha value is -1.95. The van der Waals surface area contributed by atoms with Gasteiger partial charge >= 0.3 is 0 Å². The predicted octanol–water partition coefficient (Wildman–Crippen LogP) is 0.264. The standard InChI is InChI=1S/C14H19N3O3/c1-3-15-7-9-16(10-8-15)14(18)12-5-4-6-13(11(12)2)17(19)20/h4-6H,3,7-10H2,1-2H3/p+1. The van der Waals surface area contributed by atoms with Crippen molar-refractivity contribution < 1.29 is 14.6 Å². The smallest absolute Gasteiger partial charge is 0.273 e. The van der Waals surface area contributed by atoms with Crippen molar-refractivity contribution in [3.63, 3.8) is 0 Å². The largest absolute Gasteiger partial charge is 0.332 e. The lowest BCUT2D eigenvalue weighted by atomic mass is 10.1. The summed E-state index contributed by atoms with van der Waals surface area (Å²) in [5.74, 6) is -0.0960. The summed E-state index contributed by atoms with van der Waals surface area (Å²) < 4.78 is 0. The molecular formula is C14H20N3O3+. The first-order valence-electron chi connectivity index (χ1n) is 6.91. The molecule has 0 aliphatic carbocycles. The molecule has 1 N–H and O–H groups in total. The van der Waals surface area contributed by atoms with E-state index in [0.29, 0.717) is 24.2 Å². The van der Waals surface area contributed by atoms with Gasteiger partial charge in [-0.05, 0) is 19.9 Å². The van der Waals surface area contributed by atoms with E-state index >= 15 is 0 Å². The molecule has 1 aromatic carbocycles. The van der Waals surface area contributed by atoms with Gasteiger partial charge in [0, 0.05) is 17.2 Å². The van der Waals surface area contributed by atoms with E-state index in [1.54, 1.807) is 24.0 Å². The van der Waals surface area contributed by atoms with Crippen LogP contribution in [0, 0.1) is 17.0 Å². The number of carbonyl (C=O) groups is 1. The fourth-order valence-electron chi connectivity index (χ4n) is 2.60. The molecule has 1 aromatic rings. The van der Waals surface area contributed by atoms with Crippen LogP contribution in [0.15, 0.2) is 18.2 Å². The maximum absolute atomic E-state index is 12.5. The van der Waals surface area contributed by atoms with Gasteiger partial charge in [0.2, 0.25) is 0 Å². The van der Waals surface area contributed by atoms with Crippen molar-refractivity contribution in [2.45, 2.75) is 13.8 Å². The van der Waals surface area contributed by atoms with Gasteiger partial charge in [-0.3, -0.25) is 14.9 Å². The van der Waals surface area contributed by atoms with Crippen molar-refractivity contribution in [2.24, 2.45) is 0 Å². The van der Waals surface area contributed by atoms with Crippen LogP contribution in [0.25, 0.3) is 0 Å². The Morgan fingerprint density at radius 3 is 2.60 bits per heavy atom. The van der Waals surface area contributed by atoms with Crippen LogP contribution in [0.1, 0.15) is 22.8 Å². The number of benzene rings is 1. The van der Waals surface area contributed by atoms with E-state index in [1.807, 2.05) is 0 Å². The second-order valence-corrected chi connectivity index (χ2v) is 5.10. The number of nitro groups is 1. The summed E-state index contributed by atoms with van der Waals surface area (Å²) >= 11 is 0. The second kappa shape index (κ2) is 6.00. The topological polar surface area (TPSA) is 67.9 Å². The van der Waals surface area contributed by atoms with Gasteiger partial charge in [-0.1, -0.05) is 6.07 Å². The number of carbonyl (C=O) groups excluding carboxylic acids is 1. The summed E-state index contributed by atoms with van der Waals surface area (Å²) in [6.45, 7) is 8.15. The van der Waals surface area contributed by atoms with Gasteiger partial charge in [0.15, 0.2) is 0 Å². The molecule has 0 spiro atoms. The van der Waals surface area contributed by atoms with Gasteiger partial charge in [-0.15, -0.1) is 0 Å². The van der Waals surface area contributed by atoms with E-state index in [2.05, 4.69) is 6.92 Å². The third-order valence-corrected chi connectivity index (χ3v) is 3.99. The Balaban J connectivity index is 2.18. The maximum Gasteiger partial charge on any atom is 0.273 e. The highest BCUT2D eigenvalue weighted by Gasteiger charge is 2.26. The van der Waals surface area contributed by atoms with Crippen LogP contribution < -0.4 is 4.90 Å². The van der Waals surface area contributed by atoms with Crippen molar-refractivity contribution >= 4 is 11.6 Å². The Labute approximate surface area is 118 Å². The van der Waals surface area contributed by atoms with Gasteiger partial charge in [-0.2, -0.15) is 0 Å². The van der Waals surface area contributed by atoms with Crippen LogP contribution in [-0.4, -0.2) is 48.5 Å². The molecule has 0 unspecified atom stereocenters. The van der Waals surface area contributed by atoms with Crippen molar-refractivity contribution in [1.82, 2.24) is 4.90 Å². The molecule has 0 radical (unpaired) electrons. The first-order chi connectivity index (χ1) is 9.54. The Morgan fingerprint density at radius 2 is 2.05 bits per heavy atom. The fourth-order valence-corrected chi connectivity index (χ4v) is 2.60. The molecule has 2 rings (SSSR count). The zero-order valence-electron chi connectivity index (χ0n) is 11.9. The summed E-state index contributed by atoms with van der Waals surface area (Å²) in [4.78, 5) is 26.3. The third-order valence-electron chi connectivity index (χ3n) is 3.99. The molecule has 0 atom stereocenters. The number of nitrogens with zero attached hydrogens (tertiary/aromatic N) is 2. The normalized spacial score (nSPS) is 16.2. The van der Waals surface area contributed by atoms with E-state index < -0.39 is 4.92 Å². The minimum absolute atomic E-state index is 0.00803. The van der Waals surface area contributed by atoms with Crippen LogP contribution >= 0.6 is 0 Å². The molecule has 20 heavy (non-hydrogen) atoms. The van der Waals surface area contributed by atoms with Crippen molar-refractivity contribution in [1.29, 1.82) is 0 Å². The molecule has 0 bridgehead atoms. The number of amides is 1. The number of piperazine rings is 1. The molecule has 6 nitrogen and oxygen atoms in total. The van der Waals surface area contributed by atoms with E-state index in [-0.39, 0.29) is 11.6 Å². The molecule has 108 valence electrons. The van der Waals surface area contributed by atoms with Gasteiger partial charge in [-0.25, -0.2) is 0 Å². The maximum atomic E-state index is 12.5. The molecule has 1 fully saturated rings. The van der Waals surface area contributed by atoms with Crippen LogP contribution in [0.3, 0.4) is 0 Å². The minimum Gasteiger partial charge on any atom is -0.332 e.